The molecule has 2 amide bonds. The van der Waals surface area contributed by atoms with Gasteiger partial charge >= 0.3 is 0 Å². The first-order chi connectivity index (χ1) is 10.9. The fourth-order valence-corrected chi connectivity index (χ4v) is 2.43. The van der Waals surface area contributed by atoms with Gasteiger partial charge in [-0.3, -0.25) is 9.59 Å². The van der Waals surface area contributed by atoms with Crippen LogP contribution in [-0.2, 0) is 9.59 Å². The molecule has 23 heavy (non-hydrogen) atoms. The Morgan fingerprint density at radius 2 is 2.04 bits per heavy atom. The third kappa shape index (κ3) is 4.15. The van der Waals surface area contributed by atoms with Crippen molar-refractivity contribution in [3.05, 3.63) is 24.3 Å². The van der Waals surface area contributed by atoms with Gasteiger partial charge in [-0.2, -0.15) is 0 Å². The number of carbonyl (C=O) groups excluding carboxylic acids is 2. The quantitative estimate of drug-likeness (QED) is 0.858. The number of anilines is 1. The van der Waals surface area contributed by atoms with Crippen molar-refractivity contribution >= 4 is 17.5 Å². The third-order valence-electron chi connectivity index (χ3n) is 4.10. The van der Waals surface area contributed by atoms with Gasteiger partial charge in [-0.15, -0.1) is 0 Å². The van der Waals surface area contributed by atoms with Gasteiger partial charge in [0.25, 0.3) is 5.91 Å². The van der Waals surface area contributed by atoms with Gasteiger partial charge in [0.2, 0.25) is 5.91 Å². The minimum Gasteiger partial charge on any atom is -0.477 e. The summed E-state index contributed by atoms with van der Waals surface area (Å²) in [5.74, 6) is 0.359. The maximum Gasteiger partial charge on any atom is 0.262 e. The van der Waals surface area contributed by atoms with Crippen molar-refractivity contribution in [2.24, 2.45) is 0 Å². The van der Waals surface area contributed by atoms with Crippen molar-refractivity contribution in [3.8, 4) is 5.75 Å². The zero-order valence-corrected chi connectivity index (χ0v) is 14.2. The Bertz CT molecular complexity index is 586. The van der Waals surface area contributed by atoms with Crippen LogP contribution in [-0.4, -0.2) is 43.6 Å². The number of para-hydroxylation sites is 2. The first-order valence-corrected chi connectivity index (χ1v) is 7.89. The van der Waals surface area contributed by atoms with Crippen LogP contribution in [0.5, 0.6) is 5.75 Å². The van der Waals surface area contributed by atoms with Gasteiger partial charge in [0.15, 0.2) is 6.10 Å². The maximum atomic E-state index is 12.3. The number of hydrogen-bond donors (Lipinski definition) is 2. The van der Waals surface area contributed by atoms with Crippen molar-refractivity contribution in [3.63, 3.8) is 0 Å². The zero-order chi connectivity index (χ0) is 17.0. The molecule has 0 radical (unpaired) electrons. The van der Waals surface area contributed by atoms with Gasteiger partial charge < -0.3 is 20.3 Å². The molecule has 2 rings (SSSR count). The van der Waals surface area contributed by atoms with Crippen molar-refractivity contribution in [1.29, 1.82) is 0 Å². The molecule has 0 fully saturated rings. The molecule has 1 aromatic carbocycles. The SMILES string of the molecule is CCC(C)(C)NC(=O)CN1CC(C(=O)NC)Oc2ccccc21. The number of hydrogen-bond acceptors (Lipinski definition) is 4. The molecule has 0 saturated heterocycles. The summed E-state index contributed by atoms with van der Waals surface area (Å²) < 4.78 is 5.73. The minimum atomic E-state index is -0.623. The molecule has 1 aromatic rings. The number of ether oxygens (including phenoxy) is 1. The number of fused-ring (bicyclic) bond motifs is 1. The van der Waals surface area contributed by atoms with E-state index in [1.54, 1.807) is 7.05 Å². The van der Waals surface area contributed by atoms with Gasteiger partial charge in [-0.25, -0.2) is 0 Å². The molecule has 1 atom stereocenters. The van der Waals surface area contributed by atoms with Crippen molar-refractivity contribution in [2.75, 3.05) is 25.0 Å². The number of rotatable bonds is 5. The second-order valence-electron chi connectivity index (χ2n) is 6.35. The lowest BCUT2D eigenvalue weighted by molar-refractivity contribution is -0.128. The predicted molar refractivity (Wildman–Crippen MR) is 89.7 cm³/mol. The van der Waals surface area contributed by atoms with Crippen molar-refractivity contribution < 1.29 is 14.3 Å². The van der Waals surface area contributed by atoms with Crippen LogP contribution in [0.2, 0.25) is 0 Å². The largest absolute Gasteiger partial charge is 0.477 e. The molecule has 0 spiro atoms. The van der Waals surface area contributed by atoms with Gasteiger partial charge in [0, 0.05) is 12.6 Å². The van der Waals surface area contributed by atoms with E-state index in [1.807, 2.05) is 49.9 Å². The minimum absolute atomic E-state index is 0.0655. The van der Waals surface area contributed by atoms with E-state index in [2.05, 4.69) is 10.6 Å². The third-order valence-corrected chi connectivity index (χ3v) is 4.10. The number of amides is 2. The molecule has 1 aliphatic heterocycles. The number of nitrogens with zero attached hydrogens (tertiary/aromatic N) is 1. The lowest BCUT2D eigenvalue weighted by Gasteiger charge is -2.35. The summed E-state index contributed by atoms with van der Waals surface area (Å²) in [5.41, 5.74) is 0.584. The number of carbonyl (C=O) groups is 2. The van der Waals surface area contributed by atoms with E-state index in [9.17, 15) is 9.59 Å². The summed E-state index contributed by atoms with van der Waals surface area (Å²) in [5, 5.41) is 5.62. The normalized spacial score (nSPS) is 17.0. The summed E-state index contributed by atoms with van der Waals surface area (Å²) in [6.07, 6.45) is 0.223. The highest BCUT2D eigenvalue weighted by Gasteiger charge is 2.31. The zero-order valence-electron chi connectivity index (χ0n) is 14.2. The number of likely N-dealkylation sites (N-methyl/N-ethyl adjacent to an activating group) is 1. The standard InChI is InChI=1S/C17H25N3O3/c1-5-17(2,3)19-15(21)11-20-10-14(16(22)18-4)23-13-9-7-6-8-12(13)20/h6-9,14H,5,10-11H2,1-4H3,(H,18,22)(H,19,21). The maximum absolute atomic E-state index is 12.3. The molecular formula is C17H25N3O3. The van der Waals surface area contributed by atoms with E-state index in [0.29, 0.717) is 12.3 Å². The van der Waals surface area contributed by atoms with E-state index >= 15 is 0 Å². The van der Waals surface area contributed by atoms with Gasteiger partial charge in [-0.05, 0) is 32.4 Å². The van der Waals surface area contributed by atoms with E-state index in [1.165, 1.54) is 0 Å². The Morgan fingerprint density at radius 1 is 1.35 bits per heavy atom. The second-order valence-corrected chi connectivity index (χ2v) is 6.35. The Balaban J connectivity index is 2.16. The van der Waals surface area contributed by atoms with Crippen LogP contribution in [0.15, 0.2) is 24.3 Å². The van der Waals surface area contributed by atoms with Crippen LogP contribution in [0.3, 0.4) is 0 Å². The van der Waals surface area contributed by atoms with Crippen LogP contribution < -0.4 is 20.3 Å². The molecule has 2 N–H and O–H groups in total. The molecule has 1 aliphatic rings. The van der Waals surface area contributed by atoms with Crippen molar-refractivity contribution in [2.45, 2.75) is 38.8 Å². The molecule has 1 heterocycles. The summed E-state index contributed by atoms with van der Waals surface area (Å²) in [6, 6.07) is 7.45. The Labute approximate surface area is 137 Å². The lowest BCUT2D eigenvalue weighted by Crippen LogP contribution is -2.52. The molecule has 6 heteroatoms. The van der Waals surface area contributed by atoms with Crippen LogP contribution in [0.4, 0.5) is 5.69 Å². The van der Waals surface area contributed by atoms with Gasteiger partial charge in [0.1, 0.15) is 5.75 Å². The van der Waals surface area contributed by atoms with Crippen LogP contribution in [0.1, 0.15) is 27.2 Å². The molecule has 6 nitrogen and oxygen atoms in total. The molecule has 0 saturated carbocycles. The monoisotopic (exact) mass is 319 g/mol. The summed E-state index contributed by atoms with van der Waals surface area (Å²) in [7, 11) is 1.58. The highest BCUT2D eigenvalue weighted by atomic mass is 16.5. The Kier molecular flexibility index (Phi) is 5.13. The molecule has 126 valence electrons. The summed E-state index contributed by atoms with van der Waals surface area (Å²) in [6.45, 7) is 6.55. The molecule has 1 unspecified atom stereocenters. The van der Waals surface area contributed by atoms with Gasteiger partial charge in [0.05, 0.1) is 18.8 Å². The number of benzene rings is 1. The van der Waals surface area contributed by atoms with Crippen LogP contribution >= 0.6 is 0 Å². The Morgan fingerprint density at radius 3 is 2.70 bits per heavy atom. The first-order valence-electron chi connectivity index (χ1n) is 7.89. The van der Waals surface area contributed by atoms with Crippen LogP contribution in [0.25, 0.3) is 0 Å². The van der Waals surface area contributed by atoms with E-state index in [4.69, 9.17) is 4.74 Å². The highest BCUT2D eigenvalue weighted by molar-refractivity contribution is 5.86. The molecular weight excluding hydrogens is 294 g/mol. The summed E-state index contributed by atoms with van der Waals surface area (Å²) >= 11 is 0. The Hall–Kier alpha value is -2.24. The molecule has 0 bridgehead atoms. The highest BCUT2D eigenvalue weighted by Crippen LogP contribution is 2.32. The fraction of sp³-hybridized carbons (Fsp3) is 0.529. The van der Waals surface area contributed by atoms with Gasteiger partial charge in [-0.1, -0.05) is 19.1 Å². The average molecular weight is 319 g/mol. The topological polar surface area (TPSA) is 70.7 Å². The summed E-state index contributed by atoms with van der Waals surface area (Å²) in [4.78, 5) is 26.2. The lowest BCUT2D eigenvalue weighted by atomic mass is 10.0. The van der Waals surface area contributed by atoms with Crippen molar-refractivity contribution in [1.82, 2.24) is 10.6 Å². The average Bonchev–Trinajstić information content (AvgIpc) is 2.53. The van der Waals surface area contributed by atoms with Crippen LogP contribution in [0, 0.1) is 0 Å². The van der Waals surface area contributed by atoms with E-state index < -0.39 is 6.10 Å². The fourth-order valence-electron chi connectivity index (χ4n) is 2.43. The smallest absolute Gasteiger partial charge is 0.262 e. The van der Waals surface area contributed by atoms with E-state index in [0.717, 1.165) is 12.1 Å². The van der Waals surface area contributed by atoms with E-state index in [-0.39, 0.29) is 23.9 Å². The molecule has 0 aromatic heterocycles. The second kappa shape index (κ2) is 6.89. The first kappa shape index (κ1) is 17.1. The predicted octanol–water partition coefficient (Wildman–Crippen LogP) is 1.30. The number of nitrogens with one attached hydrogen (secondary N) is 2. The molecule has 0 aliphatic carbocycles.